The largest absolute Gasteiger partial charge is 0.348 e. The van der Waals surface area contributed by atoms with E-state index < -0.39 is 5.82 Å². The van der Waals surface area contributed by atoms with Crippen LogP contribution in [0.25, 0.3) is 0 Å². The van der Waals surface area contributed by atoms with E-state index in [9.17, 15) is 9.18 Å². The highest BCUT2D eigenvalue weighted by molar-refractivity contribution is 7.99. The van der Waals surface area contributed by atoms with Gasteiger partial charge in [-0.25, -0.2) is 19.3 Å². The minimum absolute atomic E-state index is 0.142. The number of nitrogens with zero attached hydrogens (tertiary/aromatic N) is 3. The molecule has 0 radical (unpaired) electrons. The second kappa shape index (κ2) is 7.50. The van der Waals surface area contributed by atoms with Gasteiger partial charge in [-0.15, -0.1) is 0 Å². The molecule has 0 aromatic carbocycles. The van der Waals surface area contributed by atoms with E-state index in [0.29, 0.717) is 5.25 Å². The van der Waals surface area contributed by atoms with E-state index >= 15 is 0 Å². The lowest BCUT2D eigenvalue weighted by Crippen LogP contribution is -2.38. The first-order valence-electron chi connectivity index (χ1n) is 7.57. The van der Waals surface area contributed by atoms with Crippen molar-refractivity contribution in [1.29, 1.82) is 0 Å². The van der Waals surface area contributed by atoms with Gasteiger partial charge in [0.2, 0.25) is 0 Å². The van der Waals surface area contributed by atoms with Crippen molar-refractivity contribution in [2.24, 2.45) is 0 Å². The molecule has 5 nitrogen and oxygen atoms in total. The molecule has 1 saturated carbocycles. The molecule has 1 aliphatic rings. The van der Waals surface area contributed by atoms with Crippen molar-refractivity contribution < 1.29 is 9.18 Å². The molecule has 2 heterocycles. The minimum atomic E-state index is -0.442. The van der Waals surface area contributed by atoms with Crippen LogP contribution >= 0.6 is 11.8 Å². The molecule has 1 amide bonds. The molecule has 7 heteroatoms. The fraction of sp³-hybridized carbons (Fsp3) is 0.375. The van der Waals surface area contributed by atoms with Gasteiger partial charge in [0.05, 0.1) is 6.20 Å². The summed E-state index contributed by atoms with van der Waals surface area (Å²) in [6.45, 7) is 0. The maximum atomic E-state index is 12.8. The molecule has 2 aromatic heterocycles. The minimum Gasteiger partial charge on any atom is -0.348 e. The number of amides is 1. The third-order valence-electron chi connectivity index (χ3n) is 3.78. The number of thioether (sulfide) groups is 1. The van der Waals surface area contributed by atoms with Gasteiger partial charge in [-0.2, -0.15) is 0 Å². The fourth-order valence-corrected chi connectivity index (χ4v) is 3.64. The highest BCUT2D eigenvalue weighted by atomic mass is 32.2. The van der Waals surface area contributed by atoms with Crippen LogP contribution in [0.3, 0.4) is 0 Å². The second-order valence-corrected chi connectivity index (χ2v) is 6.73. The number of pyridine rings is 1. The highest BCUT2D eigenvalue weighted by Crippen LogP contribution is 2.31. The lowest BCUT2D eigenvalue weighted by atomic mass is 9.95. The van der Waals surface area contributed by atoms with Crippen LogP contribution < -0.4 is 5.32 Å². The van der Waals surface area contributed by atoms with E-state index in [1.54, 1.807) is 30.2 Å². The molecule has 23 heavy (non-hydrogen) atoms. The topological polar surface area (TPSA) is 67.8 Å². The molecule has 0 spiro atoms. The van der Waals surface area contributed by atoms with E-state index in [1.807, 2.05) is 0 Å². The van der Waals surface area contributed by atoms with Gasteiger partial charge in [-0.05, 0) is 43.9 Å². The summed E-state index contributed by atoms with van der Waals surface area (Å²) in [5.41, 5.74) is 0.251. The lowest BCUT2D eigenvalue weighted by molar-refractivity contribution is 0.0923. The zero-order valence-corrected chi connectivity index (χ0v) is 13.3. The predicted octanol–water partition coefficient (Wildman–Crippen LogP) is 2.84. The maximum Gasteiger partial charge on any atom is 0.270 e. The van der Waals surface area contributed by atoms with Crippen molar-refractivity contribution in [2.75, 3.05) is 0 Å². The Morgan fingerprint density at radius 2 is 1.87 bits per heavy atom. The van der Waals surface area contributed by atoms with Gasteiger partial charge in [-0.1, -0.05) is 11.8 Å². The molecule has 1 N–H and O–H groups in total. The fourth-order valence-electron chi connectivity index (χ4n) is 2.59. The summed E-state index contributed by atoms with van der Waals surface area (Å²) < 4.78 is 12.8. The Labute approximate surface area is 138 Å². The summed E-state index contributed by atoms with van der Waals surface area (Å²) in [6.07, 6.45) is 8.39. The Morgan fingerprint density at radius 1 is 1.13 bits per heavy atom. The third-order valence-corrected chi connectivity index (χ3v) is 5.01. The van der Waals surface area contributed by atoms with Gasteiger partial charge in [0, 0.05) is 23.7 Å². The summed E-state index contributed by atoms with van der Waals surface area (Å²) in [4.78, 5) is 24.3. The molecule has 120 valence electrons. The first kappa shape index (κ1) is 15.9. The van der Waals surface area contributed by atoms with Crippen LogP contribution in [-0.2, 0) is 0 Å². The van der Waals surface area contributed by atoms with E-state index in [4.69, 9.17) is 0 Å². The standard InChI is InChI=1S/C16H17FN4OS/c17-11-2-7-14(20-10-11)15(22)21-12-3-5-13(6-4-12)23-16-18-8-1-9-19-16/h1-2,7-10,12-13H,3-6H2,(H,21,22). The Hall–Kier alpha value is -2.02. The summed E-state index contributed by atoms with van der Waals surface area (Å²) in [5, 5.41) is 4.26. The van der Waals surface area contributed by atoms with Gasteiger partial charge >= 0.3 is 0 Å². The first-order valence-corrected chi connectivity index (χ1v) is 8.45. The van der Waals surface area contributed by atoms with Crippen LogP contribution in [0.1, 0.15) is 36.2 Å². The summed E-state index contributed by atoms with van der Waals surface area (Å²) in [6, 6.07) is 4.59. The van der Waals surface area contributed by atoms with Crippen molar-refractivity contribution in [3.63, 3.8) is 0 Å². The monoisotopic (exact) mass is 332 g/mol. The Kier molecular flexibility index (Phi) is 5.17. The summed E-state index contributed by atoms with van der Waals surface area (Å²) >= 11 is 1.69. The Balaban J connectivity index is 1.47. The van der Waals surface area contributed by atoms with Crippen molar-refractivity contribution in [1.82, 2.24) is 20.3 Å². The maximum absolute atomic E-state index is 12.8. The molecule has 1 aliphatic carbocycles. The van der Waals surface area contributed by atoms with E-state index in [1.165, 1.54) is 12.1 Å². The molecule has 0 saturated heterocycles. The number of carbonyl (C=O) groups is 1. The molecular weight excluding hydrogens is 315 g/mol. The molecule has 0 aliphatic heterocycles. The number of aromatic nitrogens is 3. The average molecular weight is 332 g/mol. The quantitative estimate of drug-likeness (QED) is 0.872. The second-order valence-electron chi connectivity index (χ2n) is 5.46. The summed E-state index contributed by atoms with van der Waals surface area (Å²) in [5.74, 6) is -0.685. The molecule has 0 bridgehead atoms. The zero-order valence-electron chi connectivity index (χ0n) is 12.5. The zero-order chi connectivity index (χ0) is 16.1. The van der Waals surface area contributed by atoms with Gasteiger partial charge in [-0.3, -0.25) is 4.79 Å². The molecular formula is C16H17FN4OS. The van der Waals surface area contributed by atoms with Crippen molar-refractivity contribution >= 4 is 17.7 Å². The van der Waals surface area contributed by atoms with Crippen LogP contribution in [0.4, 0.5) is 4.39 Å². The molecule has 0 unspecified atom stereocenters. The predicted molar refractivity (Wildman–Crippen MR) is 85.6 cm³/mol. The van der Waals surface area contributed by atoms with Gasteiger partial charge in [0.15, 0.2) is 5.16 Å². The van der Waals surface area contributed by atoms with Crippen LogP contribution in [0.15, 0.2) is 41.9 Å². The van der Waals surface area contributed by atoms with Gasteiger partial charge < -0.3 is 5.32 Å². The first-order chi connectivity index (χ1) is 11.2. The van der Waals surface area contributed by atoms with E-state index in [0.717, 1.165) is 37.0 Å². The van der Waals surface area contributed by atoms with Gasteiger partial charge in [0.1, 0.15) is 11.5 Å². The van der Waals surface area contributed by atoms with Crippen molar-refractivity contribution in [3.05, 3.63) is 48.3 Å². The van der Waals surface area contributed by atoms with Crippen LogP contribution in [0, 0.1) is 5.82 Å². The van der Waals surface area contributed by atoms with E-state index in [2.05, 4.69) is 20.3 Å². The van der Waals surface area contributed by atoms with Gasteiger partial charge in [0.25, 0.3) is 5.91 Å². The Bertz CT molecular complexity index is 645. The van der Waals surface area contributed by atoms with Crippen molar-refractivity contribution in [2.45, 2.75) is 42.1 Å². The highest BCUT2D eigenvalue weighted by Gasteiger charge is 2.24. The third kappa shape index (κ3) is 4.48. The van der Waals surface area contributed by atoms with E-state index in [-0.39, 0.29) is 17.6 Å². The lowest BCUT2D eigenvalue weighted by Gasteiger charge is -2.28. The molecule has 2 aromatic rings. The molecule has 3 rings (SSSR count). The van der Waals surface area contributed by atoms with Crippen LogP contribution in [0.5, 0.6) is 0 Å². The number of hydrogen-bond donors (Lipinski definition) is 1. The normalized spacial score (nSPS) is 20.9. The Morgan fingerprint density at radius 3 is 2.52 bits per heavy atom. The summed E-state index contributed by atoms with van der Waals surface area (Å²) in [7, 11) is 0. The molecule has 1 fully saturated rings. The average Bonchev–Trinajstić information content (AvgIpc) is 2.58. The number of halogens is 1. The smallest absolute Gasteiger partial charge is 0.270 e. The number of carbonyl (C=O) groups excluding carboxylic acids is 1. The van der Waals surface area contributed by atoms with Crippen molar-refractivity contribution in [3.8, 4) is 0 Å². The molecule has 0 atom stereocenters. The number of hydrogen-bond acceptors (Lipinski definition) is 5. The number of nitrogens with one attached hydrogen (secondary N) is 1. The van der Waals surface area contributed by atoms with Crippen LogP contribution in [0.2, 0.25) is 0 Å². The number of rotatable bonds is 4. The SMILES string of the molecule is O=C(NC1CCC(Sc2ncccn2)CC1)c1ccc(F)cn1. The van der Waals surface area contributed by atoms with Crippen LogP contribution in [-0.4, -0.2) is 32.2 Å².